The number of benzene rings is 1. The maximum absolute atomic E-state index is 9.37. The molecule has 2 heterocycles. The summed E-state index contributed by atoms with van der Waals surface area (Å²) < 4.78 is 1.51. The van der Waals surface area contributed by atoms with Gasteiger partial charge in [-0.25, -0.2) is 4.98 Å². The van der Waals surface area contributed by atoms with E-state index in [-0.39, 0.29) is 0 Å². The molecular formula is C16H13N5. The maximum Gasteiger partial charge on any atom is 0.155 e. The van der Waals surface area contributed by atoms with Crippen LogP contribution in [0.4, 0.5) is 5.82 Å². The fourth-order valence-corrected chi connectivity index (χ4v) is 2.15. The lowest BCUT2D eigenvalue weighted by molar-refractivity contribution is 0.858. The van der Waals surface area contributed by atoms with Gasteiger partial charge in [-0.1, -0.05) is 30.3 Å². The van der Waals surface area contributed by atoms with E-state index in [1.165, 1.54) is 4.68 Å². The first kappa shape index (κ1) is 12.9. The van der Waals surface area contributed by atoms with Gasteiger partial charge in [-0.2, -0.15) is 15.0 Å². The van der Waals surface area contributed by atoms with E-state index in [0.29, 0.717) is 22.9 Å². The number of pyridine rings is 1. The van der Waals surface area contributed by atoms with Gasteiger partial charge in [0.25, 0.3) is 0 Å². The molecule has 1 aromatic carbocycles. The van der Waals surface area contributed by atoms with Crippen LogP contribution in [0.2, 0.25) is 0 Å². The summed E-state index contributed by atoms with van der Waals surface area (Å²) in [7, 11) is 0. The van der Waals surface area contributed by atoms with Crippen LogP contribution in [-0.4, -0.2) is 14.8 Å². The third kappa shape index (κ3) is 2.23. The molecule has 0 saturated carbocycles. The molecule has 0 radical (unpaired) electrons. The molecule has 0 saturated heterocycles. The van der Waals surface area contributed by atoms with Gasteiger partial charge >= 0.3 is 0 Å². The molecule has 0 atom stereocenters. The van der Waals surface area contributed by atoms with E-state index in [1.54, 1.807) is 6.20 Å². The predicted octanol–water partition coefficient (Wildman–Crippen LogP) is 2.70. The molecule has 0 unspecified atom stereocenters. The lowest BCUT2D eigenvalue weighted by Crippen LogP contribution is -2.04. The van der Waals surface area contributed by atoms with Crippen molar-refractivity contribution in [3.05, 3.63) is 59.8 Å². The van der Waals surface area contributed by atoms with Crippen molar-refractivity contribution in [2.75, 3.05) is 5.73 Å². The highest BCUT2D eigenvalue weighted by Gasteiger charge is 2.18. The number of rotatable bonds is 2. The van der Waals surface area contributed by atoms with E-state index in [0.717, 1.165) is 11.1 Å². The first-order valence-electron chi connectivity index (χ1n) is 6.47. The molecule has 0 aliphatic carbocycles. The minimum Gasteiger partial charge on any atom is -0.382 e. The van der Waals surface area contributed by atoms with Gasteiger partial charge in [0.05, 0.1) is 0 Å². The fraction of sp³-hybridized carbons (Fsp3) is 0.0625. The molecule has 0 bridgehead atoms. The van der Waals surface area contributed by atoms with E-state index in [9.17, 15) is 5.26 Å². The van der Waals surface area contributed by atoms with E-state index < -0.39 is 0 Å². The molecular weight excluding hydrogens is 262 g/mol. The molecule has 2 aromatic heterocycles. The highest BCUT2D eigenvalue weighted by atomic mass is 15.3. The first-order chi connectivity index (χ1) is 10.2. The third-order valence-corrected chi connectivity index (χ3v) is 3.20. The number of nitrogens with zero attached hydrogens (tertiary/aromatic N) is 4. The van der Waals surface area contributed by atoms with Crippen LogP contribution < -0.4 is 5.73 Å². The molecule has 102 valence electrons. The van der Waals surface area contributed by atoms with Crippen LogP contribution in [0.15, 0.2) is 48.7 Å². The minimum atomic E-state index is 0.300. The topological polar surface area (TPSA) is 80.5 Å². The largest absolute Gasteiger partial charge is 0.382 e. The van der Waals surface area contributed by atoms with Crippen LogP contribution in [0.25, 0.3) is 17.1 Å². The number of nitrogens with two attached hydrogens (primary N) is 1. The predicted molar refractivity (Wildman–Crippen MR) is 80.7 cm³/mol. The molecule has 2 N–H and O–H groups in total. The Bertz CT molecular complexity index is 828. The Morgan fingerprint density at radius 3 is 2.62 bits per heavy atom. The lowest BCUT2D eigenvalue weighted by atomic mass is 10.1. The minimum absolute atomic E-state index is 0.300. The first-order valence-corrected chi connectivity index (χ1v) is 6.47. The molecule has 3 rings (SSSR count). The normalized spacial score (nSPS) is 10.3. The number of anilines is 1. The van der Waals surface area contributed by atoms with Crippen molar-refractivity contribution >= 4 is 5.82 Å². The van der Waals surface area contributed by atoms with Crippen molar-refractivity contribution in [3.63, 3.8) is 0 Å². The molecule has 0 aliphatic heterocycles. The number of nitriles is 1. The van der Waals surface area contributed by atoms with Crippen LogP contribution in [0.1, 0.15) is 11.1 Å². The number of hydrogen-bond acceptors (Lipinski definition) is 4. The average Bonchev–Trinajstić information content (AvgIpc) is 2.85. The van der Waals surface area contributed by atoms with Gasteiger partial charge < -0.3 is 5.73 Å². The number of aryl methyl sites for hydroxylation is 1. The molecule has 3 aromatic rings. The summed E-state index contributed by atoms with van der Waals surface area (Å²) in [6, 6.07) is 15.4. The average molecular weight is 275 g/mol. The van der Waals surface area contributed by atoms with Gasteiger partial charge in [0.2, 0.25) is 0 Å². The summed E-state index contributed by atoms with van der Waals surface area (Å²) in [6.45, 7) is 1.97. The molecule has 21 heavy (non-hydrogen) atoms. The van der Waals surface area contributed by atoms with Crippen molar-refractivity contribution in [1.29, 1.82) is 5.26 Å². The van der Waals surface area contributed by atoms with Crippen LogP contribution >= 0.6 is 0 Å². The smallest absolute Gasteiger partial charge is 0.155 e. The highest BCUT2D eigenvalue weighted by Crippen LogP contribution is 2.27. The van der Waals surface area contributed by atoms with Gasteiger partial charge in [-0.05, 0) is 24.6 Å². The Morgan fingerprint density at radius 2 is 1.95 bits per heavy atom. The number of hydrogen-bond donors (Lipinski definition) is 1. The van der Waals surface area contributed by atoms with Crippen molar-refractivity contribution < 1.29 is 0 Å². The summed E-state index contributed by atoms with van der Waals surface area (Å²) in [5.74, 6) is 0.903. The standard InChI is InChI=1S/C16H13N5/c1-11-7-8-19-14(9-11)21-16(18)13(10-17)15(20-21)12-5-3-2-4-6-12/h2-9H,18H2,1H3. The van der Waals surface area contributed by atoms with E-state index >= 15 is 0 Å². The van der Waals surface area contributed by atoms with Gasteiger partial charge in [0.15, 0.2) is 5.82 Å². The Labute approximate surface area is 122 Å². The van der Waals surface area contributed by atoms with Crippen molar-refractivity contribution in [2.24, 2.45) is 0 Å². The Kier molecular flexibility index (Phi) is 3.13. The Balaban J connectivity index is 2.21. The second-order valence-electron chi connectivity index (χ2n) is 4.69. The van der Waals surface area contributed by atoms with E-state index in [1.807, 2.05) is 49.4 Å². The molecule has 5 heteroatoms. The van der Waals surface area contributed by atoms with E-state index in [4.69, 9.17) is 5.73 Å². The highest BCUT2D eigenvalue weighted by molar-refractivity contribution is 5.73. The number of aromatic nitrogens is 3. The maximum atomic E-state index is 9.37. The molecule has 0 fully saturated rings. The van der Waals surface area contributed by atoms with Crippen LogP contribution in [-0.2, 0) is 0 Å². The van der Waals surface area contributed by atoms with Crippen LogP contribution in [0.5, 0.6) is 0 Å². The third-order valence-electron chi connectivity index (χ3n) is 3.20. The summed E-state index contributed by atoms with van der Waals surface area (Å²) in [4.78, 5) is 4.26. The Hall–Kier alpha value is -3.13. The van der Waals surface area contributed by atoms with Crippen molar-refractivity contribution in [3.8, 4) is 23.1 Å². The SMILES string of the molecule is Cc1ccnc(-n2nc(-c3ccccc3)c(C#N)c2N)c1. The second kappa shape index (κ2) is 5.10. The fourth-order valence-electron chi connectivity index (χ4n) is 2.15. The van der Waals surface area contributed by atoms with Crippen LogP contribution in [0, 0.1) is 18.3 Å². The van der Waals surface area contributed by atoms with Crippen LogP contribution in [0.3, 0.4) is 0 Å². The second-order valence-corrected chi connectivity index (χ2v) is 4.69. The monoisotopic (exact) mass is 275 g/mol. The quantitative estimate of drug-likeness (QED) is 0.779. The molecule has 0 amide bonds. The van der Waals surface area contributed by atoms with Gasteiger partial charge in [0, 0.05) is 11.8 Å². The zero-order valence-electron chi connectivity index (χ0n) is 11.5. The van der Waals surface area contributed by atoms with Crippen molar-refractivity contribution in [2.45, 2.75) is 6.92 Å². The summed E-state index contributed by atoms with van der Waals surface area (Å²) in [6.07, 6.45) is 1.69. The van der Waals surface area contributed by atoms with Crippen molar-refractivity contribution in [1.82, 2.24) is 14.8 Å². The molecule has 5 nitrogen and oxygen atoms in total. The summed E-state index contributed by atoms with van der Waals surface area (Å²) in [5.41, 5.74) is 8.91. The summed E-state index contributed by atoms with van der Waals surface area (Å²) >= 11 is 0. The van der Waals surface area contributed by atoms with E-state index in [2.05, 4.69) is 16.2 Å². The molecule has 0 spiro atoms. The molecule has 0 aliphatic rings. The number of nitrogen functional groups attached to an aromatic ring is 1. The zero-order chi connectivity index (χ0) is 14.8. The van der Waals surface area contributed by atoms with Gasteiger partial charge in [-0.3, -0.25) is 0 Å². The Morgan fingerprint density at radius 1 is 1.19 bits per heavy atom. The van der Waals surface area contributed by atoms with Gasteiger partial charge in [0.1, 0.15) is 23.1 Å². The zero-order valence-corrected chi connectivity index (χ0v) is 11.5. The summed E-state index contributed by atoms with van der Waals surface area (Å²) in [5, 5.41) is 13.8. The van der Waals surface area contributed by atoms with Gasteiger partial charge in [-0.15, -0.1) is 0 Å². The lowest BCUT2D eigenvalue weighted by Gasteiger charge is -2.03.